The van der Waals surface area contributed by atoms with Gasteiger partial charge in [-0.25, -0.2) is 4.98 Å². The van der Waals surface area contributed by atoms with E-state index < -0.39 is 0 Å². The SMILES string of the molecule is COc1nc(-c2ccc(OCC(C)(C)C)cc2)nc(-c2cc(CO)ccc2Cl)n1. The van der Waals surface area contributed by atoms with Crippen molar-refractivity contribution in [3.05, 3.63) is 53.1 Å². The fourth-order valence-corrected chi connectivity index (χ4v) is 2.74. The Kier molecular flexibility index (Phi) is 6.35. The number of hydrogen-bond donors (Lipinski definition) is 1. The van der Waals surface area contributed by atoms with Crippen LogP contribution < -0.4 is 9.47 Å². The third-order valence-corrected chi connectivity index (χ3v) is 4.37. The molecule has 29 heavy (non-hydrogen) atoms. The second kappa shape index (κ2) is 8.76. The van der Waals surface area contributed by atoms with Gasteiger partial charge in [0.25, 0.3) is 0 Å². The van der Waals surface area contributed by atoms with Crippen molar-refractivity contribution in [3.8, 4) is 34.5 Å². The van der Waals surface area contributed by atoms with Gasteiger partial charge in [0, 0.05) is 11.1 Å². The molecule has 0 aliphatic rings. The van der Waals surface area contributed by atoms with Gasteiger partial charge in [-0.15, -0.1) is 0 Å². The minimum absolute atomic E-state index is 0.0809. The van der Waals surface area contributed by atoms with Gasteiger partial charge in [0.05, 0.1) is 25.3 Å². The average Bonchev–Trinajstić information content (AvgIpc) is 2.72. The first kappa shape index (κ1) is 21.0. The Morgan fingerprint density at radius 3 is 2.28 bits per heavy atom. The van der Waals surface area contributed by atoms with Crippen molar-refractivity contribution >= 4 is 11.6 Å². The van der Waals surface area contributed by atoms with Gasteiger partial charge >= 0.3 is 6.01 Å². The third-order valence-electron chi connectivity index (χ3n) is 4.04. The highest BCUT2D eigenvalue weighted by Crippen LogP contribution is 2.29. The summed E-state index contributed by atoms with van der Waals surface area (Å²) < 4.78 is 11.1. The van der Waals surface area contributed by atoms with Gasteiger partial charge in [0.1, 0.15) is 5.75 Å². The van der Waals surface area contributed by atoms with E-state index in [1.54, 1.807) is 18.2 Å². The van der Waals surface area contributed by atoms with Crippen molar-refractivity contribution in [2.45, 2.75) is 27.4 Å². The predicted octanol–water partition coefficient (Wildman–Crippen LogP) is 4.78. The number of aliphatic hydroxyl groups excluding tert-OH is 1. The summed E-state index contributed by atoms with van der Waals surface area (Å²) in [5.41, 5.74) is 2.19. The minimum atomic E-state index is -0.102. The van der Waals surface area contributed by atoms with Crippen LogP contribution in [0.25, 0.3) is 22.8 Å². The Bertz CT molecular complexity index is 986. The lowest BCUT2D eigenvalue weighted by atomic mass is 9.99. The fraction of sp³-hybridized carbons (Fsp3) is 0.318. The molecule has 0 aliphatic carbocycles. The molecule has 1 aromatic heterocycles. The third kappa shape index (κ3) is 5.43. The first-order chi connectivity index (χ1) is 13.8. The summed E-state index contributed by atoms with van der Waals surface area (Å²) in [5.74, 6) is 1.61. The zero-order chi connectivity index (χ0) is 21.0. The van der Waals surface area contributed by atoms with E-state index in [4.69, 9.17) is 21.1 Å². The summed E-state index contributed by atoms with van der Waals surface area (Å²) in [6, 6.07) is 13.0. The second-order valence-electron chi connectivity index (χ2n) is 7.82. The van der Waals surface area contributed by atoms with E-state index >= 15 is 0 Å². The van der Waals surface area contributed by atoms with Gasteiger partial charge in [0.15, 0.2) is 11.6 Å². The Morgan fingerprint density at radius 1 is 0.966 bits per heavy atom. The Hall–Kier alpha value is -2.70. The van der Waals surface area contributed by atoms with Crippen molar-refractivity contribution in [1.82, 2.24) is 15.0 Å². The summed E-state index contributed by atoms with van der Waals surface area (Å²) >= 11 is 6.33. The van der Waals surface area contributed by atoms with Crippen LogP contribution in [0.2, 0.25) is 5.02 Å². The van der Waals surface area contributed by atoms with Crippen LogP contribution in [0.4, 0.5) is 0 Å². The molecule has 0 bridgehead atoms. The molecule has 0 atom stereocenters. The lowest BCUT2D eigenvalue weighted by Crippen LogP contribution is -2.16. The Balaban J connectivity index is 1.95. The van der Waals surface area contributed by atoms with Crippen LogP contribution >= 0.6 is 11.6 Å². The van der Waals surface area contributed by atoms with Gasteiger partial charge < -0.3 is 14.6 Å². The molecule has 3 rings (SSSR count). The van der Waals surface area contributed by atoms with Gasteiger partial charge in [-0.3, -0.25) is 0 Å². The van der Waals surface area contributed by atoms with E-state index in [0.29, 0.717) is 34.4 Å². The van der Waals surface area contributed by atoms with Gasteiger partial charge in [0.2, 0.25) is 0 Å². The van der Waals surface area contributed by atoms with E-state index in [1.165, 1.54) is 7.11 Å². The summed E-state index contributed by atoms with van der Waals surface area (Å²) in [6.45, 7) is 6.88. The summed E-state index contributed by atoms with van der Waals surface area (Å²) in [6.07, 6.45) is 0. The van der Waals surface area contributed by atoms with E-state index in [-0.39, 0.29) is 18.0 Å². The van der Waals surface area contributed by atoms with Crippen LogP contribution in [0, 0.1) is 5.41 Å². The van der Waals surface area contributed by atoms with Crippen molar-refractivity contribution in [3.63, 3.8) is 0 Å². The van der Waals surface area contributed by atoms with Crippen molar-refractivity contribution in [2.75, 3.05) is 13.7 Å². The molecule has 0 aliphatic heterocycles. The summed E-state index contributed by atoms with van der Waals surface area (Å²) in [4.78, 5) is 13.2. The maximum atomic E-state index is 9.42. The number of nitrogens with zero attached hydrogens (tertiary/aromatic N) is 3. The molecule has 0 spiro atoms. The molecule has 152 valence electrons. The molecular formula is C22H24ClN3O3. The molecule has 0 amide bonds. The fourth-order valence-electron chi connectivity index (χ4n) is 2.54. The monoisotopic (exact) mass is 413 g/mol. The highest BCUT2D eigenvalue weighted by molar-refractivity contribution is 6.33. The number of hydrogen-bond acceptors (Lipinski definition) is 6. The normalized spacial score (nSPS) is 11.4. The first-order valence-electron chi connectivity index (χ1n) is 9.22. The Labute approximate surface area is 175 Å². The van der Waals surface area contributed by atoms with E-state index in [1.807, 2.05) is 24.3 Å². The molecule has 6 nitrogen and oxygen atoms in total. The number of halogens is 1. The molecule has 0 fully saturated rings. The zero-order valence-electron chi connectivity index (χ0n) is 16.9. The van der Waals surface area contributed by atoms with E-state index in [2.05, 4.69) is 35.7 Å². The standard InChI is InChI=1S/C22H24ClN3O3/c1-22(2,3)13-29-16-8-6-15(7-9-16)19-24-20(26-21(25-19)28-4)17-11-14(12-27)5-10-18(17)23/h5-11,27H,12-13H2,1-4H3. The smallest absolute Gasteiger partial charge is 0.320 e. The molecule has 0 radical (unpaired) electrons. The van der Waals surface area contributed by atoms with Crippen LogP contribution in [0.15, 0.2) is 42.5 Å². The number of aliphatic hydroxyl groups is 1. The topological polar surface area (TPSA) is 77.4 Å². The van der Waals surface area contributed by atoms with Crippen LogP contribution in [-0.2, 0) is 6.61 Å². The lowest BCUT2D eigenvalue weighted by molar-refractivity contribution is 0.198. The van der Waals surface area contributed by atoms with Crippen LogP contribution in [0.5, 0.6) is 11.8 Å². The highest BCUT2D eigenvalue weighted by Gasteiger charge is 2.15. The quantitative estimate of drug-likeness (QED) is 0.626. The second-order valence-corrected chi connectivity index (χ2v) is 8.22. The maximum Gasteiger partial charge on any atom is 0.320 e. The summed E-state index contributed by atoms with van der Waals surface area (Å²) in [7, 11) is 1.50. The molecule has 0 unspecified atom stereocenters. The van der Waals surface area contributed by atoms with Crippen LogP contribution in [0.1, 0.15) is 26.3 Å². The summed E-state index contributed by atoms with van der Waals surface area (Å²) in [5, 5.41) is 9.90. The molecule has 2 aromatic carbocycles. The maximum absolute atomic E-state index is 9.42. The predicted molar refractivity (Wildman–Crippen MR) is 113 cm³/mol. The van der Waals surface area contributed by atoms with Gasteiger partial charge in [-0.2, -0.15) is 9.97 Å². The van der Waals surface area contributed by atoms with Crippen LogP contribution in [-0.4, -0.2) is 33.8 Å². The molecule has 1 N–H and O–H groups in total. The molecule has 0 saturated heterocycles. The minimum Gasteiger partial charge on any atom is -0.493 e. The van der Waals surface area contributed by atoms with Gasteiger partial charge in [-0.1, -0.05) is 38.4 Å². The van der Waals surface area contributed by atoms with E-state index in [0.717, 1.165) is 11.3 Å². The van der Waals surface area contributed by atoms with Crippen LogP contribution in [0.3, 0.4) is 0 Å². The average molecular weight is 414 g/mol. The molecular weight excluding hydrogens is 390 g/mol. The number of methoxy groups -OCH3 is 1. The molecule has 0 saturated carbocycles. The van der Waals surface area contributed by atoms with Crippen molar-refractivity contribution in [2.24, 2.45) is 5.41 Å². The highest BCUT2D eigenvalue weighted by atomic mass is 35.5. The molecule has 3 aromatic rings. The lowest BCUT2D eigenvalue weighted by Gasteiger charge is -2.18. The number of rotatable bonds is 6. The Morgan fingerprint density at radius 2 is 1.66 bits per heavy atom. The van der Waals surface area contributed by atoms with Gasteiger partial charge in [-0.05, 0) is 47.4 Å². The zero-order valence-corrected chi connectivity index (χ0v) is 17.7. The van der Waals surface area contributed by atoms with Crippen molar-refractivity contribution in [1.29, 1.82) is 0 Å². The molecule has 1 heterocycles. The molecule has 7 heteroatoms. The number of benzene rings is 2. The number of aromatic nitrogens is 3. The first-order valence-corrected chi connectivity index (χ1v) is 9.60. The largest absolute Gasteiger partial charge is 0.493 e. The van der Waals surface area contributed by atoms with E-state index in [9.17, 15) is 5.11 Å². The van der Waals surface area contributed by atoms with Crippen molar-refractivity contribution < 1.29 is 14.6 Å². The number of ether oxygens (including phenoxy) is 2.